The Morgan fingerprint density at radius 3 is 2.76 bits per heavy atom. The zero-order chi connectivity index (χ0) is 12.4. The smallest absolute Gasteiger partial charge is 0.137 e. The maximum Gasteiger partial charge on any atom is 0.137 e. The summed E-state index contributed by atoms with van der Waals surface area (Å²) in [5, 5.41) is 3.33. The largest absolute Gasteiger partial charge is 0.310 e. The van der Waals surface area contributed by atoms with Gasteiger partial charge in [-0.3, -0.25) is 0 Å². The quantitative estimate of drug-likeness (QED) is 0.885. The van der Waals surface area contributed by atoms with Crippen LogP contribution in [0.4, 0.5) is 8.78 Å². The van der Waals surface area contributed by atoms with Crippen LogP contribution in [0, 0.1) is 17.6 Å². The van der Waals surface area contributed by atoms with Crippen molar-refractivity contribution < 1.29 is 8.78 Å². The van der Waals surface area contributed by atoms with Crippen molar-refractivity contribution in [3.8, 4) is 0 Å². The molecule has 1 aromatic carbocycles. The second-order valence-corrected chi connectivity index (χ2v) is 5.52. The second-order valence-electron chi connectivity index (χ2n) is 4.49. The van der Waals surface area contributed by atoms with E-state index in [0.29, 0.717) is 16.4 Å². The van der Waals surface area contributed by atoms with Crippen LogP contribution in [0.1, 0.15) is 31.9 Å². The number of hydrogen-bond acceptors (Lipinski definition) is 2. The summed E-state index contributed by atoms with van der Waals surface area (Å²) < 4.78 is 27.5. The first kappa shape index (κ1) is 12.8. The van der Waals surface area contributed by atoms with Gasteiger partial charge in [0, 0.05) is 17.4 Å². The molecule has 1 aromatic rings. The lowest BCUT2D eigenvalue weighted by Crippen LogP contribution is -2.32. The summed E-state index contributed by atoms with van der Waals surface area (Å²) in [6, 6.07) is 2.38. The Balaban J connectivity index is 2.39. The summed E-state index contributed by atoms with van der Waals surface area (Å²) in [5.74, 6) is 0.542. The molecule has 1 heterocycles. The first-order chi connectivity index (χ1) is 8.15. The minimum atomic E-state index is -0.304. The van der Waals surface area contributed by atoms with E-state index in [9.17, 15) is 8.78 Å². The van der Waals surface area contributed by atoms with Crippen LogP contribution in [-0.4, -0.2) is 12.3 Å². The highest BCUT2D eigenvalue weighted by Gasteiger charge is 2.31. The molecule has 1 aliphatic rings. The lowest BCUT2D eigenvalue weighted by molar-refractivity contribution is 0.384. The van der Waals surface area contributed by atoms with Gasteiger partial charge in [-0.15, -0.1) is 11.8 Å². The van der Waals surface area contributed by atoms with Gasteiger partial charge in [0.2, 0.25) is 0 Å². The number of hydrogen-bond donors (Lipinski definition) is 1. The maximum absolute atomic E-state index is 13.9. The van der Waals surface area contributed by atoms with Gasteiger partial charge in [0.05, 0.1) is 4.90 Å². The van der Waals surface area contributed by atoms with E-state index in [1.54, 1.807) is 0 Å². The van der Waals surface area contributed by atoms with Crippen molar-refractivity contribution in [1.29, 1.82) is 0 Å². The Bertz CT molecular complexity index is 409. The van der Waals surface area contributed by atoms with E-state index in [2.05, 4.69) is 19.2 Å². The highest BCUT2D eigenvalue weighted by Crippen LogP contribution is 2.42. The molecule has 4 heteroatoms. The average molecular weight is 257 g/mol. The molecule has 94 valence electrons. The maximum atomic E-state index is 13.9. The van der Waals surface area contributed by atoms with E-state index in [1.807, 2.05) is 0 Å². The van der Waals surface area contributed by atoms with Crippen molar-refractivity contribution in [3.63, 3.8) is 0 Å². The SMILES string of the molecule is CCCNC1c2c(F)ccc(F)c2SCC1C. The highest BCUT2D eigenvalue weighted by molar-refractivity contribution is 7.99. The van der Waals surface area contributed by atoms with Crippen molar-refractivity contribution in [2.45, 2.75) is 31.2 Å². The van der Waals surface area contributed by atoms with Gasteiger partial charge in [-0.2, -0.15) is 0 Å². The van der Waals surface area contributed by atoms with Gasteiger partial charge in [0.25, 0.3) is 0 Å². The molecule has 1 aliphatic heterocycles. The lowest BCUT2D eigenvalue weighted by Gasteiger charge is -2.32. The standard InChI is InChI=1S/C13H17F2NS/c1-3-6-16-12-8(2)7-17-13-10(15)5-4-9(14)11(12)13/h4-5,8,12,16H,3,6-7H2,1-2H3. The summed E-state index contributed by atoms with van der Waals surface area (Å²) in [6.45, 7) is 4.97. The first-order valence-electron chi connectivity index (χ1n) is 5.99. The van der Waals surface area contributed by atoms with Crippen LogP contribution >= 0.6 is 11.8 Å². The minimum Gasteiger partial charge on any atom is -0.310 e. The van der Waals surface area contributed by atoms with E-state index < -0.39 is 0 Å². The fraction of sp³-hybridized carbons (Fsp3) is 0.538. The average Bonchev–Trinajstić information content (AvgIpc) is 2.32. The predicted molar refractivity (Wildman–Crippen MR) is 67.3 cm³/mol. The number of fused-ring (bicyclic) bond motifs is 1. The Kier molecular flexibility index (Phi) is 4.05. The third-order valence-electron chi connectivity index (χ3n) is 3.08. The number of halogens is 2. The van der Waals surface area contributed by atoms with Gasteiger partial charge in [-0.1, -0.05) is 13.8 Å². The monoisotopic (exact) mass is 257 g/mol. The summed E-state index contributed by atoms with van der Waals surface area (Å²) in [4.78, 5) is 0.483. The van der Waals surface area contributed by atoms with Crippen LogP contribution in [0.3, 0.4) is 0 Å². The van der Waals surface area contributed by atoms with E-state index in [4.69, 9.17) is 0 Å². The summed E-state index contributed by atoms with van der Waals surface area (Å²) in [7, 11) is 0. The molecule has 1 nitrogen and oxygen atoms in total. The molecule has 2 unspecified atom stereocenters. The summed E-state index contributed by atoms with van der Waals surface area (Å²) in [5.41, 5.74) is 0.516. The molecule has 0 saturated carbocycles. The van der Waals surface area contributed by atoms with Crippen molar-refractivity contribution >= 4 is 11.8 Å². The fourth-order valence-corrected chi connectivity index (χ4v) is 3.39. The first-order valence-corrected chi connectivity index (χ1v) is 6.97. The molecule has 2 atom stereocenters. The molecule has 17 heavy (non-hydrogen) atoms. The van der Waals surface area contributed by atoms with Crippen LogP contribution in [0.15, 0.2) is 17.0 Å². The van der Waals surface area contributed by atoms with Crippen molar-refractivity contribution in [1.82, 2.24) is 5.32 Å². The number of benzene rings is 1. The Morgan fingerprint density at radius 1 is 1.35 bits per heavy atom. The number of nitrogens with one attached hydrogen (secondary N) is 1. The number of thioether (sulfide) groups is 1. The zero-order valence-electron chi connectivity index (χ0n) is 10.1. The van der Waals surface area contributed by atoms with Crippen LogP contribution in [0.25, 0.3) is 0 Å². The molecule has 0 aliphatic carbocycles. The van der Waals surface area contributed by atoms with Crippen molar-refractivity contribution in [2.75, 3.05) is 12.3 Å². The van der Waals surface area contributed by atoms with Gasteiger partial charge in [0.15, 0.2) is 0 Å². The Morgan fingerprint density at radius 2 is 2.06 bits per heavy atom. The third kappa shape index (κ3) is 2.47. The minimum absolute atomic E-state index is 0.0677. The molecule has 1 N–H and O–H groups in total. The van der Waals surface area contributed by atoms with Gasteiger partial charge in [0.1, 0.15) is 11.6 Å². The summed E-state index contributed by atoms with van der Waals surface area (Å²) >= 11 is 1.42. The third-order valence-corrected chi connectivity index (χ3v) is 4.48. The van der Waals surface area contributed by atoms with Crippen molar-refractivity contribution in [3.05, 3.63) is 29.3 Å². The Hall–Kier alpha value is -0.610. The molecular weight excluding hydrogens is 240 g/mol. The van der Waals surface area contributed by atoms with E-state index in [0.717, 1.165) is 18.7 Å². The van der Waals surface area contributed by atoms with Gasteiger partial charge < -0.3 is 5.32 Å². The van der Waals surface area contributed by atoms with Gasteiger partial charge in [-0.25, -0.2) is 8.78 Å². The molecule has 0 bridgehead atoms. The lowest BCUT2D eigenvalue weighted by atomic mass is 9.94. The topological polar surface area (TPSA) is 12.0 Å². The van der Waals surface area contributed by atoms with E-state index >= 15 is 0 Å². The molecule has 0 aromatic heterocycles. The molecule has 0 fully saturated rings. The Labute approximate surface area is 105 Å². The normalized spacial score (nSPS) is 23.5. The molecule has 0 amide bonds. The molecule has 0 spiro atoms. The van der Waals surface area contributed by atoms with E-state index in [1.165, 1.54) is 23.9 Å². The molecule has 0 saturated heterocycles. The number of rotatable bonds is 3. The van der Waals surface area contributed by atoms with Crippen LogP contribution in [0.5, 0.6) is 0 Å². The highest BCUT2D eigenvalue weighted by atomic mass is 32.2. The van der Waals surface area contributed by atoms with Crippen LogP contribution in [0.2, 0.25) is 0 Å². The summed E-state index contributed by atoms with van der Waals surface area (Å²) in [6.07, 6.45) is 0.989. The van der Waals surface area contributed by atoms with Gasteiger partial charge in [-0.05, 0) is 31.0 Å². The van der Waals surface area contributed by atoms with Crippen LogP contribution < -0.4 is 5.32 Å². The fourth-order valence-electron chi connectivity index (χ4n) is 2.18. The second kappa shape index (κ2) is 5.36. The molecule has 0 radical (unpaired) electrons. The molecular formula is C13H17F2NS. The van der Waals surface area contributed by atoms with Crippen LogP contribution in [-0.2, 0) is 0 Å². The van der Waals surface area contributed by atoms with Gasteiger partial charge >= 0.3 is 0 Å². The van der Waals surface area contributed by atoms with E-state index in [-0.39, 0.29) is 17.7 Å². The zero-order valence-corrected chi connectivity index (χ0v) is 10.9. The predicted octanol–water partition coefficient (Wildman–Crippen LogP) is 3.75. The van der Waals surface area contributed by atoms with Crippen molar-refractivity contribution in [2.24, 2.45) is 5.92 Å². The molecule has 2 rings (SSSR count).